The zero-order chi connectivity index (χ0) is 98.4. The molecule has 0 saturated heterocycles. The second kappa shape index (κ2) is 37.2. The van der Waals surface area contributed by atoms with Gasteiger partial charge in [0.15, 0.2) is 0 Å². The van der Waals surface area contributed by atoms with Gasteiger partial charge < -0.3 is 9.80 Å². The summed E-state index contributed by atoms with van der Waals surface area (Å²) in [5.41, 5.74) is 49.4. The first-order chi connectivity index (χ1) is 70.7. The van der Waals surface area contributed by atoms with Gasteiger partial charge in [0.2, 0.25) is 0 Å². The van der Waals surface area contributed by atoms with Gasteiger partial charge in [-0.3, -0.25) is 0 Å². The lowest BCUT2D eigenvalue weighted by molar-refractivity contribution is 0.660. The average molecular weight is 1990 g/mol. The minimum absolute atomic E-state index is 0.116. The van der Waals surface area contributed by atoms with E-state index in [1.807, 2.05) is 0 Å². The Kier molecular flexibility index (Phi) is 23.4. The fraction of sp³-hybridized carbons (Fsp3) is 0.0949. The third-order valence-electron chi connectivity index (χ3n) is 30.4. The Labute approximate surface area is 866 Å². The Morgan fingerprint density at radius 1 is 0.172 bits per heavy atom. The van der Waals surface area contributed by atoms with Crippen molar-refractivity contribution in [2.24, 2.45) is 0 Å². The quantitative estimate of drug-likeness (QED) is 0.0961. The van der Waals surface area contributed by atoms with Crippen molar-refractivity contribution >= 4 is 88.1 Å². The van der Waals surface area contributed by atoms with Gasteiger partial charge in [0.25, 0.3) is 0 Å². The second-order valence-corrected chi connectivity index (χ2v) is 42.4. The third-order valence-corrected chi connectivity index (χ3v) is 31.5. The van der Waals surface area contributed by atoms with Crippen LogP contribution in [-0.4, -0.2) is 19.9 Å². The Hall–Kier alpha value is -16.4. The van der Waals surface area contributed by atoms with Crippen LogP contribution in [0.3, 0.4) is 0 Å². The van der Waals surface area contributed by atoms with E-state index in [0.29, 0.717) is 0 Å². The molecule has 0 atom stereocenters. The van der Waals surface area contributed by atoms with Crippen molar-refractivity contribution < 1.29 is 0 Å². The molecule has 0 saturated carbocycles. The SMILES string of the molecule is CC1(C)c2ccccc2-c2ccc(-c3ccc(-c4ccc5c(c4)C(C)(C)c4ccccc4-5)c4nc(-c5ccc(Br)cc5)c(-c5ccc(Br)cc5)nc34)cc21.CC1(C)c2ccccc2-c2ccc(-c3ccc(-c4ccc5c(c4)C(C)(C)c4ccccc4-5)c4nc(-c5ccc(N(c6ccccc6)c6ccccc6)cc5)c(-c5ccc(N(c6ccccc6)c6ccccc6)cc5)nc34)cc21.c1ccc(Cc2ccccc2)cc1. The molecule has 4 aliphatic carbocycles. The van der Waals surface area contributed by atoms with Crippen molar-refractivity contribution in [2.45, 2.75) is 83.5 Å². The highest BCUT2D eigenvalue weighted by Crippen LogP contribution is 2.57. The van der Waals surface area contributed by atoms with Gasteiger partial charge in [0.1, 0.15) is 0 Å². The Morgan fingerprint density at radius 2 is 0.352 bits per heavy atom. The molecule has 0 spiro atoms. The normalized spacial score (nSPS) is 13.4. The molecule has 0 radical (unpaired) electrons. The molecule has 0 aliphatic heterocycles. The van der Waals surface area contributed by atoms with E-state index in [-0.39, 0.29) is 21.7 Å². The zero-order valence-electron chi connectivity index (χ0n) is 82.2. The molecule has 0 N–H and O–H groups in total. The highest BCUT2D eigenvalue weighted by molar-refractivity contribution is 9.10. The van der Waals surface area contributed by atoms with Crippen LogP contribution in [0, 0.1) is 0 Å². The van der Waals surface area contributed by atoms with Gasteiger partial charge in [-0.2, -0.15) is 0 Å². The van der Waals surface area contributed by atoms with E-state index in [9.17, 15) is 0 Å². The van der Waals surface area contributed by atoms with Gasteiger partial charge in [-0.25, -0.2) is 19.9 Å². The van der Waals surface area contributed by atoms with Crippen LogP contribution in [0.25, 0.3) is 156 Å². The molecule has 145 heavy (non-hydrogen) atoms. The molecule has 0 fully saturated rings. The first-order valence-corrected chi connectivity index (χ1v) is 51.6. The van der Waals surface area contributed by atoms with Crippen LogP contribution in [0.2, 0.25) is 0 Å². The van der Waals surface area contributed by atoms with E-state index in [4.69, 9.17) is 19.9 Å². The molecule has 0 unspecified atom stereocenters. The topological polar surface area (TPSA) is 58.0 Å². The van der Waals surface area contributed by atoms with Crippen molar-refractivity contribution in [1.29, 1.82) is 0 Å². The summed E-state index contributed by atoms with van der Waals surface area (Å²) in [5.74, 6) is 0. The third kappa shape index (κ3) is 16.5. The highest BCUT2D eigenvalue weighted by Gasteiger charge is 2.41. The summed E-state index contributed by atoms with van der Waals surface area (Å²) in [7, 11) is 0. The number of hydrogen-bond donors (Lipinski definition) is 0. The number of aromatic nitrogens is 4. The summed E-state index contributed by atoms with van der Waals surface area (Å²) < 4.78 is 2.05. The molecule has 20 aromatic carbocycles. The average Bonchev–Trinajstić information content (AvgIpc) is 1.64. The van der Waals surface area contributed by atoms with Crippen molar-refractivity contribution in [3.63, 3.8) is 0 Å². The smallest absolute Gasteiger partial charge is 0.0979 e. The van der Waals surface area contributed by atoms with Gasteiger partial charge in [-0.1, -0.05) is 439 Å². The van der Waals surface area contributed by atoms with Gasteiger partial charge in [0, 0.05) is 109 Å². The van der Waals surface area contributed by atoms with Gasteiger partial charge in [-0.05, 0) is 250 Å². The van der Waals surface area contributed by atoms with Crippen LogP contribution in [0.5, 0.6) is 0 Å². The molecule has 22 aromatic rings. The number of anilines is 6. The number of fused-ring (bicyclic) bond motifs is 14. The minimum atomic E-state index is -0.172. The van der Waals surface area contributed by atoms with E-state index in [1.54, 1.807) is 0 Å². The van der Waals surface area contributed by atoms with E-state index in [1.165, 1.54) is 100 Å². The first-order valence-electron chi connectivity index (χ1n) is 50.0. The molecule has 4 aliphatic rings. The zero-order valence-corrected chi connectivity index (χ0v) is 85.4. The van der Waals surface area contributed by atoms with Gasteiger partial charge in [0.05, 0.1) is 44.8 Å². The monoisotopic (exact) mass is 1990 g/mol. The maximum Gasteiger partial charge on any atom is 0.0979 e. The fourth-order valence-corrected chi connectivity index (χ4v) is 23.4. The number of benzene rings is 20. The standard InChI is InChI=1S/C74H56N4.C50H36Br2N2.C13H12/c1-73(2)65-31-19-17-29-61(65)63-43-37-51(47-67(63)73)59-45-46-60(52-38-44-64-62-30-18-20-32-66(62)74(3,4)68(64)48-52)72-71(59)75-69(49-33-39-57(40-34-49)77(53-21-9-5-10-22-53)54-23-11-6-12-24-54)70(76-72)50-35-41-58(42-36-50)78(55-25-13-7-14-26-55)56-27-15-8-16-28-56;1-49(2)41-11-7-5-9-37(41)39-23-17-31(27-43(39)49)35-25-26-36(32-18-24-40-38-10-6-8-12-42(38)50(3,4)44(40)28-32)48-47(35)53-45(29-13-19-33(51)20-14-29)46(54-48)30-15-21-34(52)22-16-30;1-3-7-12(8-4-1)11-13-9-5-2-6-10-13/h5-48H,1-4H3;5-28H,1-4H3;1-10H,11H2. The molecule has 0 bridgehead atoms. The summed E-state index contributed by atoms with van der Waals surface area (Å²) >= 11 is 7.30. The van der Waals surface area contributed by atoms with Crippen molar-refractivity contribution in [2.75, 3.05) is 9.80 Å². The van der Waals surface area contributed by atoms with Crippen LogP contribution in [0.4, 0.5) is 34.1 Å². The number of rotatable bonds is 16. The van der Waals surface area contributed by atoms with Gasteiger partial charge in [-0.15, -0.1) is 0 Å². The summed E-state index contributed by atoms with van der Waals surface area (Å²) in [4.78, 5) is 27.8. The van der Waals surface area contributed by atoms with E-state index in [0.717, 1.165) is 161 Å². The summed E-state index contributed by atoms with van der Waals surface area (Å²) in [6.07, 6.45) is 1.03. The highest BCUT2D eigenvalue weighted by atomic mass is 79.9. The van der Waals surface area contributed by atoms with Crippen molar-refractivity contribution in [3.05, 3.63) is 538 Å². The Morgan fingerprint density at radius 3 is 0.586 bits per heavy atom. The van der Waals surface area contributed by atoms with E-state index >= 15 is 0 Å². The fourth-order valence-electron chi connectivity index (χ4n) is 22.9. The molecule has 6 nitrogen and oxygen atoms in total. The molecule has 8 heteroatoms. The van der Waals surface area contributed by atoms with Crippen molar-refractivity contribution in [1.82, 2.24) is 19.9 Å². The van der Waals surface area contributed by atoms with Crippen LogP contribution in [0.15, 0.2) is 482 Å². The molecule has 26 rings (SSSR count). The van der Waals surface area contributed by atoms with Crippen LogP contribution >= 0.6 is 31.9 Å². The first kappa shape index (κ1) is 91.1. The molecule has 2 heterocycles. The van der Waals surface area contributed by atoms with Crippen LogP contribution in [-0.2, 0) is 28.1 Å². The predicted molar refractivity (Wildman–Crippen MR) is 613 cm³/mol. The molecular formula is C137H104Br2N6. The molecule has 696 valence electrons. The number of hydrogen-bond acceptors (Lipinski definition) is 6. The maximum atomic E-state index is 5.94. The maximum absolute atomic E-state index is 5.94. The minimum Gasteiger partial charge on any atom is -0.311 e. The summed E-state index contributed by atoms with van der Waals surface area (Å²) in [5, 5.41) is 0. The number of nitrogens with zero attached hydrogens (tertiary/aromatic N) is 6. The van der Waals surface area contributed by atoms with Gasteiger partial charge >= 0.3 is 0 Å². The lowest BCUT2D eigenvalue weighted by atomic mass is 9.81. The lowest BCUT2D eigenvalue weighted by Gasteiger charge is -2.26. The number of para-hydroxylation sites is 4. The van der Waals surface area contributed by atoms with Crippen molar-refractivity contribution in [3.8, 4) is 134 Å². The molecule has 2 aromatic heterocycles. The van der Waals surface area contributed by atoms with Crippen LogP contribution in [0.1, 0.15) is 111 Å². The van der Waals surface area contributed by atoms with Crippen LogP contribution < -0.4 is 9.80 Å². The Bertz CT molecular complexity index is 8140. The lowest BCUT2D eigenvalue weighted by Crippen LogP contribution is -2.15. The largest absolute Gasteiger partial charge is 0.311 e. The summed E-state index contributed by atoms with van der Waals surface area (Å²) in [6, 6.07) is 170. The predicted octanol–water partition coefficient (Wildman–Crippen LogP) is 37.6. The molecular weight excluding hydrogens is 1890 g/mol. The summed E-state index contributed by atoms with van der Waals surface area (Å²) in [6.45, 7) is 18.8. The van der Waals surface area contributed by atoms with E-state index in [2.05, 4.69) is 570 Å². The Balaban J connectivity index is 0.000000145. The molecule has 0 amide bonds. The van der Waals surface area contributed by atoms with E-state index < -0.39 is 0 Å². The second-order valence-electron chi connectivity index (χ2n) is 40.5. The number of halogens is 2.